The van der Waals surface area contributed by atoms with Crippen LogP contribution in [0.25, 0.3) is 0 Å². The van der Waals surface area contributed by atoms with Gasteiger partial charge in [0.1, 0.15) is 11.6 Å². The highest BCUT2D eigenvalue weighted by atomic mass is 19.1. The van der Waals surface area contributed by atoms with Gasteiger partial charge in [0, 0.05) is 11.6 Å². The molecule has 0 amide bonds. The molecule has 0 radical (unpaired) electrons. The average Bonchev–Trinajstić information content (AvgIpc) is 2.22. The standard InChI is InChI=1S/C11H15F2NO/c1-2-8(14)6-15-7-9-10(12)4-3-5-11(9)13/h3-5,8H,2,6-7,14H2,1H3. The highest BCUT2D eigenvalue weighted by molar-refractivity contribution is 5.18. The van der Waals surface area contributed by atoms with Crippen molar-refractivity contribution in [3.63, 3.8) is 0 Å². The average molecular weight is 215 g/mol. The van der Waals surface area contributed by atoms with E-state index >= 15 is 0 Å². The van der Waals surface area contributed by atoms with E-state index in [1.807, 2.05) is 6.92 Å². The Balaban J connectivity index is 2.50. The van der Waals surface area contributed by atoms with E-state index in [-0.39, 0.29) is 18.2 Å². The summed E-state index contributed by atoms with van der Waals surface area (Å²) >= 11 is 0. The zero-order valence-electron chi connectivity index (χ0n) is 8.67. The SMILES string of the molecule is CCC(N)COCc1c(F)cccc1F. The lowest BCUT2D eigenvalue weighted by Crippen LogP contribution is -2.25. The van der Waals surface area contributed by atoms with Crippen LogP contribution in [0, 0.1) is 11.6 Å². The van der Waals surface area contributed by atoms with Gasteiger partial charge in [-0.2, -0.15) is 0 Å². The van der Waals surface area contributed by atoms with Crippen LogP contribution in [0.1, 0.15) is 18.9 Å². The number of hydrogen-bond donors (Lipinski definition) is 1. The fraction of sp³-hybridized carbons (Fsp3) is 0.455. The van der Waals surface area contributed by atoms with Gasteiger partial charge in [0.2, 0.25) is 0 Å². The molecule has 0 fully saturated rings. The van der Waals surface area contributed by atoms with Crippen molar-refractivity contribution in [3.8, 4) is 0 Å². The van der Waals surface area contributed by atoms with E-state index in [0.29, 0.717) is 6.61 Å². The van der Waals surface area contributed by atoms with E-state index in [1.54, 1.807) is 0 Å². The molecule has 1 unspecified atom stereocenters. The maximum absolute atomic E-state index is 13.1. The van der Waals surface area contributed by atoms with Gasteiger partial charge < -0.3 is 10.5 Å². The second kappa shape index (κ2) is 5.78. The third kappa shape index (κ3) is 3.57. The summed E-state index contributed by atoms with van der Waals surface area (Å²) in [5, 5.41) is 0. The van der Waals surface area contributed by atoms with E-state index in [4.69, 9.17) is 10.5 Å². The number of nitrogens with two attached hydrogens (primary N) is 1. The third-order valence-corrected chi connectivity index (χ3v) is 2.16. The summed E-state index contributed by atoms with van der Waals surface area (Å²) in [6, 6.07) is 3.66. The lowest BCUT2D eigenvalue weighted by atomic mass is 10.2. The van der Waals surface area contributed by atoms with Gasteiger partial charge in [-0.25, -0.2) is 8.78 Å². The molecule has 2 nitrogen and oxygen atoms in total. The van der Waals surface area contributed by atoms with Crippen LogP contribution in [0.3, 0.4) is 0 Å². The van der Waals surface area contributed by atoms with Crippen molar-refractivity contribution < 1.29 is 13.5 Å². The summed E-state index contributed by atoms with van der Waals surface area (Å²) in [6.45, 7) is 2.16. The van der Waals surface area contributed by atoms with Crippen molar-refractivity contribution in [2.45, 2.75) is 26.0 Å². The Hall–Kier alpha value is -1.00. The van der Waals surface area contributed by atoms with Crippen molar-refractivity contribution in [1.29, 1.82) is 0 Å². The molecule has 0 aliphatic heterocycles. The molecule has 0 saturated carbocycles. The first-order valence-electron chi connectivity index (χ1n) is 4.91. The van der Waals surface area contributed by atoms with Crippen LogP contribution in [0.2, 0.25) is 0 Å². The topological polar surface area (TPSA) is 35.2 Å². The van der Waals surface area contributed by atoms with Gasteiger partial charge in [0.05, 0.1) is 13.2 Å². The Morgan fingerprint density at radius 1 is 1.33 bits per heavy atom. The zero-order chi connectivity index (χ0) is 11.3. The summed E-state index contributed by atoms with van der Waals surface area (Å²) in [4.78, 5) is 0. The number of hydrogen-bond acceptors (Lipinski definition) is 2. The van der Waals surface area contributed by atoms with Gasteiger partial charge in [0.25, 0.3) is 0 Å². The number of halogens is 2. The van der Waals surface area contributed by atoms with Crippen LogP contribution in [0.4, 0.5) is 8.78 Å². The largest absolute Gasteiger partial charge is 0.375 e. The quantitative estimate of drug-likeness (QED) is 0.817. The summed E-state index contributed by atoms with van der Waals surface area (Å²) in [7, 11) is 0. The van der Waals surface area contributed by atoms with Gasteiger partial charge in [-0.1, -0.05) is 13.0 Å². The molecular weight excluding hydrogens is 200 g/mol. The molecule has 1 aromatic rings. The Bertz CT molecular complexity index is 297. The molecule has 0 aliphatic rings. The maximum Gasteiger partial charge on any atom is 0.131 e. The molecule has 15 heavy (non-hydrogen) atoms. The molecule has 0 saturated heterocycles. The molecule has 84 valence electrons. The number of benzene rings is 1. The van der Waals surface area contributed by atoms with Crippen molar-refractivity contribution >= 4 is 0 Å². The monoisotopic (exact) mass is 215 g/mol. The van der Waals surface area contributed by atoms with Gasteiger partial charge in [-0.3, -0.25) is 0 Å². The second-order valence-electron chi connectivity index (χ2n) is 3.38. The molecule has 1 rings (SSSR count). The minimum atomic E-state index is -0.583. The van der Waals surface area contributed by atoms with E-state index in [9.17, 15) is 8.78 Å². The summed E-state index contributed by atoms with van der Waals surface area (Å²) < 4.78 is 31.3. The van der Waals surface area contributed by atoms with Crippen molar-refractivity contribution in [1.82, 2.24) is 0 Å². The van der Waals surface area contributed by atoms with Crippen LogP contribution in [-0.2, 0) is 11.3 Å². The highest BCUT2D eigenvalue weighted by Gasteiger charge is 2.08. The minimum absolute atomic E-state index is 0.0409. The molecule has 1 atom stereocenters. The van der Waals surface area contributed by atoms with Gasteiger partial charge in [-0.15, -0.1) is 0 Å². The Labute approximate surface area is 88.0 Å². The van der Waals surface area contributed by atoms with E-state index < -0.39 is 11.6 Å². The third-order valence-electron chi connectivity index (χ3n) is 2.16. The number of ether oxygens (including phenoxy) is 1. The molecular formula is C11H15F2NO. The zero-order valence-corrected chi connectivity index (χ0v) is 8.67. The molecule has 0 spiro atoms. The molecule has 0 bridgehead atoms. The normalized spacial score (nSPS) is 12.8. The molecule has 0 aliphatic carbocycles. The Morgan fingerprint density at radius 2 is 1.93 bits per heavy atom. The maximum atomic E-state index is 13.1. The summed E-state index contributed by atoms with van der Waals surface area (Å²) in [6.07, 6.45) is 0.778. The van der Waals surface area contributed by atoms with Gasteiger partial charge >= 0.3 is 0 Å². The summed E-state index contributed by atoms with van der Waals surface area (Å²) in [5.74, 6) is -1.17. The fourth-order valence-corrected chi connectivity index (χ4v) is 1.10. The van der Waals surface area contributed by atoms with Crippen LogP contribution < -0.4 is 5.73 Å². The van der Waals surface area contributed by atoms with Crippen molar-refractivity contribution in [3.05, 3.63) is 35.4 Å². The lowest BCUT2D eigenvalue weighted by Gasteiger charge is -2.10. The lowest BCUT2D eigenvalue weighted by molar-refractivity contribution is 0.102. The van der Waals surface area contributed by atoms with Crippen LogP contribution in [-0.4, -0.2) is 12.6 Å². The predicted molar refractivity (Wildman–Crippen MR) is 54.3 cm³/mol. The van der Waals surface area contributed by atoms with Crippen molar-refractivity contribution in [2.24, 2.45) is 5.73 Å². The van der Waals surface area contributed by atoms with E-state index in [1.165, 1.54) is 18.2 Å². The second-order valence-corrected chi connectivity index (χ2v) is 3.38. The Kier molecular flexibility index (Phi) is 4.65. The summed E-state index contributed by atoms with van der Waals surface area (Å²) in [5.41, 5.74) is 5.56. The molecule has 4 heteroatoms. The fourth-order valence-electron chi connectivity index (χ4n) is 1.10. The number of rotatable bonds is 5. The minimum Gasteiger partial charge on any atom is -0.375 e. The molecule has 0 heterocycles. The predicted octanol–water partition coefficient (Wildman–Crippen LogP) is 2.22. The first kappa shape index (κ1) is 12.1. The van der Waals surface area contributed by atoms with Crippen molar-refractivity contribution in [2.75, 3.05) is 6.61 Å². The van der Waals surface area contributed by atoms with Crippen LogP contribution in [0.5, 0.6) is 0 Å². The van der Waals surface area contributed by atoms with E-state index in [2.05, 4.69) is 0 Å². The first-order chi connectivity index (χ1) is 7.15. The van der Waals surface area contributed by atoms with Crippen LogP contribution in [0.15, 0.2) is 18.2 Å². The van der Waals surface area contributed by atoms with Gasteiger partial charge in [-0.05, 0) is 18.6 Å². The molecule has 2 N–H and O–H groups in total. The smallest absolute Gasteiger partial charge is 0.131 e. The molecule has 0 aromatic heterocycles. The van der Waals surface area contributed by atoms with E-state index in [0.717, 1.165) is 6.42 Å². The first-order valence-corrected chi connectivity index (χ1v) is 4.91. The van der Waals surface area contributed by atoms with Crippen LogP contribution >= 0.6 is 0 Å². The Morgan fingerprint density at radius 3 is 2.47 bits per heavy atom. The highest BCUT2D eigenvalue weighted by Crippen LogP contribution is 2.13. The van der Waals surface area contributed by atoms with Gasteiger partial charge in [0.15, 0.2) is 0 Å². The molecule has 1 aromatic carbocycles.